The smallest absolute Gasteiger partial charge is 0.0447 e. The molecule has 2 N–H and O–H groups in total. The van der Waals surface area contributed by atoms with Gasteiger partial charge < -0.3 is 5.73 Å². The second kappa shape index (κ2) is 5.23. The van der Waals surface area contributed by atoms with E-state index in [1.165, 1.54) is 16.0 Å². The molecule has 0 saturated carbocycles. The predicted molar refractivity (Wildman–Crippen MR) is 68.6 cm³/mol. The molecule has 2 aromatic rings. The summed E-state index contributed by atoms with van der Waals surface area (Å²) in [4.78, 5) is 5.69. The highest BCUT2D eigenvalue weighted by Gasteiger charge is 2.01. The first kappa shape index (κ1) is 11.3. The van der Waals surface area contributed by atoms with E-state index in [2.05, 4.69) is 35.5 Å². The second-order valence-electron chi connectivity index (χ2n) is 3.81. The molecule has 0 unspecified atom stereocenters. The summed E-state index contributed by atoms with van der Waals surface area (Å²) < 4.78 is 0. The predicted octanol–water partition coefficient (Wildman–Crippen LogP) is 2.75. The summed E-state index contributed by atoms with van der Waals surface area (Å²) in [5, 5.41) is 2.16. The Labute approximate surface area is 100 Å². The van der Waals surface area contributed by atoms with E-state index in [-0.39, 0.29) is 0 Å². The molecule has 16 heavy (non-hydrogen) atoms. The fourth-order valence-electron chi connectivity index (χ4n) is 1.60. The van der Waals surface area contributed by atoms with Crippen LogP contribution in [0.25, 0.3) is 0 Å². The van der Waals surface area contributed by atoms with Gasteiger partial charge in [0, 0.05) is 29.7 Å². The molecule has 0 fully saturated rings. The molecule has 0 bridgehead atoms. The quantitative estimate of drug-likeness (QED) is 0.880. The molecule has 3 heteroatoms. The lowest BCUT2D eigenvalue weighted by Gasteiger charge is -2.00. The van der Waals surface area contributed by atoms with E-state index in [4.69, 9.17) is 5.73 Å². The van der Waals surface area contributed by atoms with Crippen molar-refractivity contribution in [3.63, 3.8) is 0 Å². The number of thiophene rings is 1. The van der Waals surface area contributed by atoms with E-state index in [1.54, 1.807) is 11.3 Å². The fourth-order valence-corrected chi connectivity index (χ4v) is 2.37. The molecule has 0 aromatic carbocycles. The second-order valence-corrected chi connectivity index (χ2v) is 4.81. The lowest BCUT2D eigenvalue weighted by Crippen LogP contribution is -1.93. The largest absolute Gasteiger partial charge is 0.326 e. The van der Waals surface area contributed by atoms with E-state index in [9.17, 15) is 0 Å². The standard InChI is InChI=1S/C13H16N2S/c1-2-10-3-4-12(15-8-10)5-11-6-13(7-14)16-9-11/h3-4,6,8-9H,2,5,7,14H2,1H3. The molecule has 0 aliphatic carbocycles. The highest BCUT2D eigenvalue weighted by atomic mass is 32.1. The summed E-state index contributed by atoms with van der Waals surface area (Å²) in [5.41, 5.74) is 9.31. The summed E-state index contributed by atoms with van der Waals surface area (Å²) in [7, 11) is 0. The van der Waals surface area contributed by atoms with Gasteiger partial charge in [0.05, 0.1) is 0 Å². The zero-order chi connectivity index (χ0) is 11.4. The molecule has 0 spiro atoms. The first-order valence-electron chi connectivity index (χ1n) is 5.52. The van der Waals surface area contributed by atoms with Crippen molar-refractivity contribution in [3.05, 3.63) is 51.5 Å². The molecule has 84 valence electrons. The maximum atomic E-state index is 5.59. The number of nitrogens with zero attached hydrogens (tertiary/aromatic N) is 1. The lowest BCUT2D eigenvalue weighted by molar-refractivity contribution is 1.03. The van der Waals surface area contributed by atoms with Crippen molar-refractivity contribution >= 4 is 11.3 Å². The Morgan fingerprint density at radius 3 is 2.75 bits per heavy atom. The third-order valence-electron chi connectivity index (χ3n) is 2.59. The minimum absolute atomic E-state index is 0.632. The van der Waals surface area contributed by atoms with Crippen LogP contribution in [0.4, 0.5) is 0 Å². The van der Waals surface area contributed by atoms with Gasteiger partial charge in [-0.15, -0.1) is 11.3 Å². The van der Waals surface area contributed by atoms with Gasteiger partial charge in [-0.25, -0.2) is 0 Å². The van der Waals surface area contributed by atoms with Crippen molar-refractivity contribution in [3.8, 4) is 0 Å². The molecule has 2 heterocycles. The van der Waals surface area contributed by atoms with E-state index >= 15 is 0 Å². The summed E-state index contributed by atoms with van der Waals surface area (Å²) in [6.07, 6.45) is 3.91. The number of aromatic nitrogens is 1. The van der Waals surface area contributed by atoms with Crippen LogP contribution in [-0.4, -0.2) is 4.98 Å². The number of pyridine rings is 1. The van der Waals surface area contributed by atoms with Crippen molar-refractivity contribution < 1.29 is 0 Å². The lowest BCUT2D eigenvalue weighted by atomic mass is 10.1. The Balaban J connectivity index is 2.08. The molecule has 2 aromatic heterocycles. The van der Waals surface area contributed by atoms with Crippen molar-refractivity contribution in [1.29, 1.82) is 0 Å². The first-order valence-corrected chi connectivity index (χ1v) is 6.40. The Kier molecular flexibility index (Phi) is 3.70. The first-order chi connectivity index (χ1) is 7.81. The van der Waals surface area contributed by atoms with Crippen molar-refractivity contribution in [2.24, 2.45) is 5.73 Å². The van der Waals surface area contributed by atoms with Gasteiger partial charge in [0.2, 0.25) is 0 Å². The van der Waals surface area contributed by atoms with Gasteiger partial charge >= 0.3 is 0 Å². The number of nitrogens with two attached hydrogens (primary N) is 1. The third kappa shape index (κ3) is 2.68. The van der Waals surface area contributed by atoms with Gasteiger partial charge in [-0.2, -0.15) is 0 Å². The average Bonchev–Trinajstić information content (AvgIpc) is 2.78. The summed E-state index contributed by atoms with van der Waals surface area (Å²) in [6, 6.07) is 6.43. The Morgan fingerprint density at radius 1 is 1.31 bits per heavy atom. The van der Waals surface area contributed by atoms with Crippen LogP contribution in [0.5, 0.6) is 0 Å². The van der Waals surface area contributed by atoms with Gasteiger partial charge in [-0.05, 0) is 35.1 Å². The average molecular weight is 232 g/mol. The van der Waals surface area contributed by atoms with Crippen LogP contribution in [0, 0.1) is 0 Å². The number of hydrogen-bond acceptors (Lipinski definition) is 3. The summed E-state index contributed by atoms with van der Waals surface area (Å²) >= 11 is 1.72. The molecule has 0 saturated heterocycles. The topological polar surface area (TPSA) is 38.9 Å². The van der Waals surface area contributed by atoms with Crippen molar-refractivity contribution in [2.45, 2.75) is 26.3 Å². The highest BCUT2D eigenvalue weighted by Crippen LogP contribution is 2.16. The number of rotatable bonds is 4. The third-order valence-corrected chi connectivity index (χ3v) is 3.60. The molecule has 0 atom stereocenters. The van der Waals surface area contributed by atoms with Gasteiger partial charge in [-0.1, -0.05) is 13.0 Å². The van der Waals surface area contributed by atoms with Crippen molar-refractivity contribution in [2.75, 3.05) is 0 Å². The SMILES string of the molecule is CCc1ccc(Cc2csc(CN)c2)nc1. The molecule has 2 rings (SSSR count). The van der Waals surface area contributed by atoms with Crippen LogP contribution in [0.3, 0.4) is 0 Å². The van der Waals surface area contributed by atoms with Gasteiger partial charge in [0.25, 0.3) is 0 Å². The van der Waals surface area contributed by atoms with Crippen molar-refractivity contribution in [1.82, 2.24) is 4.98 Å². The zero-order valence-corrected chi connectivity index (χ0v) is 10.3. The van der Waals surface area contributed by atoms with E-state index in [1.807, 2.05) is 6.20 Å². The van der Waals surface area contributed by atoms with Crippen LogP contribution >= 0.6 is 11.3 Å². The normalized spacial score (nSPS) is 10.6. The molecule has 2 nitrogen and oxygen atoms in total. The van der Waals surface area contributed by atoms with Crippen LogP contribution in [0.2, 0.25) is 0 Å². The number of aryl methyl sites for hydroxylation is 1. The van der Waals surface area contributed by atoms with Gasteiger partial charge in [0.1, 0.15) is 0 Å². The maximum absolute atomic E-state index is 5.59. The van der Waals surface area contributed by atoms with Gasteiger partial charge in [0.15, 0.2) is 0 Å². The molecule has 0 aliphatic heterocycles. The molecule has 0 aliphatic rings. The minimum atomic E-state index is 0.632. The monoisotopic (exact) mass is 232 g/mol. The molecular formula is C13H16N2S. The molecule has 0 amide bonds. The minimum Gasteiger partial charge on any atom is -0.326 e. The summed E-state index contributed by atoms with van der Waals surface area (Å²) in [5.74, 6) is 0. The highest BCUT2D eigenvalue weighted by molar-refractivity contribution is 7.10. The summed E-state index contributed by atoms with van der Waals surface area (Å²) in [6.45, 7) is 2.77. The maximum Gasteiger partial charge on any atom is 0.0447 e. The fraction of sp³-hybridized carbons (Fsp3) is 0.308. The van der Waals surface area contributed by atoms with Crippen LogP contribution in [0.15, 0.2) is 29.8 Å². The Bertz CT molecular complexity index is 445. The zero-order valence-electron chi connectivity index (χ0n) is 9.44. The van der Waals surface area contributed by atoms with Crippen LogP contribution in [0.1, 0.15) is 28.6 Å². The van der Waals surface area contributed by atoms with E-state index in [0.717, 1.165) is 18.5 Å². The number of hydrogen-bond donors (Lipinski definition) is 1. The van der Waals surface area contributed by atoms with E-state index in [0.29, 0.717) is 6.54 Å². The van der Waals surface area contributed by atoms with Crippen LogP contribution < -0.4 is 5.73 Å². The Morgan fingerprint density at radius 2 is 2.19 bits per heavy atom. The van der Waals surface area contributed by atoms with Gasteiger partial charge in [-0.3, -0.25) is 4.98 Å². The van der Waals surface area contributed by atoms with E-state index < -0.39 is 0 Å². The van der Waals surface area contributed by atoms with Crippen LogP contribution in [-0.2, 0) is 19.4 Å². The Hall–Kier alpha value is -1.19. The molecular weight excluding hydrogens is 216 g/mol. The molecule has 0 radical (unpaired) electrons.